The molecule has 0 amide bonds. The van der Waals surface area contributed by atoms with E-state index in [2.05, 4.69) is 39.8 Å². The van der Waals surface area contributed by atoms with Crippen LogP contribution in [0.2, 0.25) is 0 Å². The fourth-order valence-electron chi connectivity index (χ4n) is 0.474. The summed E-state index contributed by atoms with van der Waals surface area (Å²) in [5.74, 6) is 0. The molecule has 1 nitrogen and oxygen atoms in total. The van der Waals surface area contributed by atoms with E-state index in [1.54, 1.807) is 0 Å². The van der Waals surface area contributed by atoms with Gasteiger partial charge >= 0.3 is 0 Å². The number of hydrogen-bond donors (Lipinski definition) is 0. The highest BCUT2D eigenvalue weighted by Crippen LogP contribution is 1.86. The summed E-state index contributed by atoms with van der Waals surface area (Å²) < 4.78 is 0. The first-order chi connectivity index (χ1) is 6.18. The number of nitrogens with zero attached hydrogens (tertiary/aromatic N) is 1. The molecule has 0 fully saturated rings. The monoisotopic (exact) mass is 189 g/mol. The zero-order valence-corrected chi connectivity index (χ0v) is 11.0. The molecule has 0 atom stereocenters. The Labute approximate surface area is 86.5 Å². The van der Waals surface area contributed by atoms with Crippen LogP contribution in [-0.2, 0) is 0 Å². The van der Waals surface area contributed by atoms with Gasteiger partial charge in [-0.25, -0.2) is 0 Å². The van der Waals surface area contributed by atoms with Crippen LogP contribution in [-0.4, -0.2) is 25.5 Å². The van der Waals surface area contributed by atoms with Gasteiger partial charge < -0.3 is 4.90 Å². The van der Waals surface area contributed by atoms with Crippen molar-refractivity contribution in [1.29, 1.82) is 0 Å². The third-order valence-corrected chi connectivity index (χ3v) is 1.46. The normalized spacial score (nSPS) is 8.31. The first kappa shape index (κ1) is 18.7. The maximum atomic E-state index is 2.21. The molecule has 0 heterocycles. The largest absolute Gasteiger partial charge is 0.309 e. The maximum absolute atomic E-state index is 2.21. The van der Waals surface area contributed by atoms with Crippen LogP contribution in [0.4, 0.5) is 0 Å². The van der Waals surface area contributed by atoms with E-state index in [9.17, 15) is 0 Å². The SMILES string of the molecule is CC.CCCC.CCCCN(C)C. The fourth-order valence-corrected chi connectivity index (χ4v) is 0.474. The minimum absolute atomic E-state index is 1.23. The van der Waals surface area contributed by atoms with Crippen molar-refractivity contribution in [3.05, 3.63) is 0 Å². The molecule has 0 rings (SSSR count). The van der Waals surface area contributed by atoms with Crippen LogP contribution in [0.3, 0.4) is 0 Å². The molecule has 0 aliphatic heterocycles. The van der Waals surface area contributed by atoms with Gasteiger partial charge in [0.1, 0.15) is 0 Å². The Morgan fingerprint density at radius 3 is 1.23 bits per heavy atom. The Balaban J connectivity index is -0.000000142. The maximum Gasteiger partial charge on any atom is -0.00249 e. The van der Waals surface area contributed by atoms with E-state index in [1.165, 1.54) is 32.2 Å². The lowest BCUT2D eigenvalue weighted by Crippen LogP contribution is -2.12. The zero-order valence-electron chi connectivity index (χ0n) is 11.0. The molecule has 0 aromatic heterocycles. The summed E-state index contributed by atoms with van der Waals surface area (Å²) in [6.07, 6.45) is 5.27. The molecule has 84 valence electrons. The summed E-state index contributed by atoms with van der Waals surface area (Å²) in [7, 11) is 4.21. The van der Waals surface area contributed by atoms with Crippen molar-refractivity contribution < 1.29 is 0 Å². The predicted molar refractivity (Wildman–Crippen MR) is 65.4 cm³/mol. The van der Waals surface area contributed by atoms with Crippen molar-refractivity contribution in [1.82, 2.24) is 4.90 Å². The Hall–Kier alpha value is -0.0400. The topological polar surface area (TPSA) is 3.24 Å². The van der Waals surface area contributed by atoms with Crippen LogP contribution in [0.1, 0.15) is 60.3 Å². The first-order valence-corrected chi connectivity index (χ1v) is 5.83. The lowest BCUT2D eigenvalue weighted by Gasteiger charge is -2.05. The molecule has 0 N–H and O–H groups in total. The Kier molecular flexibility index (Phi) is 32.6. The summed E-state index contributed by atoms with van der Waals surface area (Å²) in [6, 6.07) is 0. The summed E-state index contributed by atoms with van der Waals surface area (Å²) >= 11 is 0. The van der Waals surface area contributed by atoms with Crippen LogP contribution in [0, 0.1) is 0 Å². The van der Waals surface area contributed by atoms with Crippen molar-refractivity contribution in [2.45, 2.75) is 60.3 Å². The molecule has 0 radical (unpaired) electrons. The van der Waals surface area contributed by atoms with E-state index in [-0.39, 0.29) is 0 Å². The van der Waals surface area contributed by atoms with Gasteiger partial charge in [0.25, 0.3) is 0 Å². The molecule has 0 saturated carbocycles. The highest BCUT2D eigenvalue weighted by Gasteiger charge is 1.83. The average Bonchev–Trinajstić information content (AvgIpc) is 2.18. The van der Waals surface area contributed by atoms with Crippen LogP contribution >= 0.6 is 0 Å². The van der Waals surface area contributed by atoms with Crippen molar-refractivity contribution in [3.8, 4) is 0 Å². The Morgan fingerprint density at radius 1 is 0.769 bits per heavy atom. The highest BCUT2D eigenvalue weighted by atomic mass is 15.0. The molecule has 0 aromatic carbocycles. The van der Waals surface area contributed by atoms with E-state index < -0.39 is 0 Å². The van der Waals surface area contributed by atoms with Gasteiger partial charge in [-0.3, -0.25) is 0 Å². The number of hydrogen-bond acceptors (Lipinski definition) is 1. The molecule has 0 aliphatic rings. The molecular weight excluding hydrogens is 158 g/mol. The van der Waals surface area contributed by atoms with Crippen molar-refractivity contribution in [2.75, 3.05) is 20.6 Å². The van der Waals surface area contributed by atoms with Gasteiger partial charge in [0, 0.05) is 0 Å². The van der Waals surface area contributed by atoms with E-state index in [1.807, 2.05) is 13.8 Å². The Bertz CT molecular complexity index is 49.1. The molecule has 13 heavy (non-hydrogen) atoms. The lowest BCUT2D eigenvalue weighted by molar-refractivity contribution is 0.398. The van der Waals surface area contributed by atoms with Crippen LogP contribution in [0.25, 0.3) is 0 Å². The van der Waals surface area contributed by atoms with E-state index in [4.69, 9.17) is 0 Å². The third-order valence-electron chi connectivity index (χ3n) is 1.46. The molecule has 0 spiro atoms. The number of rotatable bonds is 4. The Morgan fingerprint density at radius 2 is 1.15 bits per heavy atom. The molecule has 0 bridgehead atoms. The van der Waals surface area contributed by atoms with Gasteiger partial charge in [0.2, 0.25) is 0 Å². The summed E-state index contributed by atoms with van der Waals surface area (Å²) in [5.41, 5.74) is 0. The minimum Gasteiger partial charge on any atom is -0.309 e. The molecule has 0 aromatic rings. The number of unbranched alkanes of at least 4 members (excludes halogenated alkanes) is 2. The van der Waals surface area contributed by atoms with Gasteiger partial charge in [-0.2, -0.15) is 0 Å². The standard InChI is InChI=1S/C6H15N.C4H10.C2H6/c1-4-5-6-7(2)3;1-3-4-2;1-2/h4-6H2,1-3H3;3-4H2,1-2H3;1-2H3. The fraction of sp³-hybridized carbons (Fsp3) is 1.00. The van der Waals surface area contributed by atoms with E-state index in [0.717, 1.165) is 0 Å². The molecule has 0 unspecified atom stereocenters. The smallest absolute Gasteiger partial charge is 0.00249 e. The van der Waals surface area contributed by atoms with Crippen molar-refractivity contribution in [3.63, 3.8) is 0 Å². The van der Waals surface area contributed by atoms with Gasteiger partial charge in [0.15, 0.2) is 0 Å². The van der Waals surface area contributed by atoms with Crippen molar-refractivity contribution >= 4 is 0 Å². The molecule has 0 aliphatic carbocycles. The van der Waals surface area contributed by atoms with Gasteiger partial charge in [-0.15, -0.1) is 0 Å². The van der Waals surface area contributed by atoms with Crippen LogP contribution < -0.4 is 0 Å². The summed E-state index contributed by atoms with van der Waals surface area (Å²) in [6.45, 7) is 11.8. The predicted octanol–water partition coefficient (Wildman–Crippen LogP) is 4.18. The minimum atomic E-state index is 1.23. The lowest BCUT2D eigenvalue weighted by atomic mass is 10.3. The average molecular weight is 189 g/mol. The van der Waals surface area contributed by atoms with Gasteiger partial charge in [0.05, 0.1) is 0 Å². The van der Waals surface area contributed by atoms with Crippen LogP contribution in [0.5, 0.6) is 0 Å². The van der Waals surface area contributed by atoms with Crippen molar-refractivity contribution in [2.24, 2.45) is 0 Å². The third kappa shape index (κ3) is 48.2. The molecule has 0 saturated heterocycles. The van der Waals surface area contributed by atoms with Crippen LogP contribution in [0.15, 0.2) is 0 Å². The van der Waals surface area contributed by atoms with Gasteiger partial charge in [-0.05, 0) is 27.1 Å². The quantitative estimate of drug-likeness (QED) is 0.641. The second-order valence-electron chi connectivity index (χ2n) is 3.16. The molecule has 1 heteroatoms. The van der Waals surface area contributed by atoms with E-state index >= 15 is 0 Å². The molecular formula is C12H31N. The zero-order chi connectivity index (χ0) is 11.1. The second-order valence-corrected chi connectivity index (χ2v) is 3.16. The van der Waals surface area contributed by atoms with E-state index in [0.29, 0.717) is 0 Å². The highest BCUT2D eigenvalue weighted by molar-refractivity contribution is 4.39. The summed E-state index contributed by atoms with van der Waals surface area (Å²) in [5, 5.41) is 0. The second kappa shape index (κ2) is 22.7. The van der Waals surface area contributed by atoms with Gasteiger partial charge in [-0.1, -0.05) is 53.9 Å². The first-order valence-electron chi connectivity index (χ1n) is 5.83. The summed E-state index contributed by atoms with van der Waals surface area (Å²) in [4.78, 5) is 2.21.